The summed E-state index contributed by atoms with van der Waals surface area (Å²) < 4.78 is 10.7. The van der Waals surface area contributed by atoms with Crippen LogP contribution in [0.4, 0.5) is 0 Å². The van der Waals surface area contributed by atoms with Gasteiger partial charge >= 0.3 is 11.6 Å². The summed E-state index contributed by atoms with van der Waals surface area (Å²) in [4.78, 5) is 39.6. The number of hydrogen-bond acceptors (Lipinski definition) is 5. The Hall–Kier alpha value is -3.58. The van der Waals surface area contributed by atoms with Crippen molar-refractivity contribution < 1.29 is 18.7 Å². The first-order chi connectivity index (χ1) is 16.2. The average molecular weight is 481 g/mol. The molecule has 4 rings (SSSR count). The van der Waals surface area contributed by atoms with Gasteiger partial charge in [-0.2, -0.15) is 0 Å². The summed E-state index contributed by atoms with van der Waals surface area (Å²) in [6.07, 6.45) is 3.02. The van der Waals surface area contributed by atoms with E-state index in [1.807, 2.05) is 31.3 Å². The second-order valence-electron chi connectivity index (χ2n) is 8.26. The van der Waals surface area contributed by atoms with Crippen LogP contribution in [-0.2, 0) is 22.4 Å². The first kappa shape index (κ1) is 23.6. The molecule has 0 bridgehead atoms. The van der Waals surface area contributed by atoms with Gasteiger partial charge in [-0.1, -0.05) is 11.6 Å². The predicted octanol–water partition coefficient (Wildman–Crippen LogP) is 4.76. The fourth-order valence-corrected chi connectivity index (χ4v) is 4.32. The molecule has 0 saturated carbocycles. The number of fused-ring (bicyclic) bond motifs is 2. The number of hydrogen-bond donors (Lipinski definition) is 2. The Balaban J connectivity index is 1.41. The number of ether oxygens (including phenoxy) is 1. The maximum atomic E-state index is 12.7. The standard InChI is InChI=1S/C26H25ClN2O5/c1-14-19-5-8-23(33-16(3)30)15(2)25(19)34-26(32)20(14)6-9-24(31)28-11-10-17-13-29-22-7-4-18(27)12-21(17)22/h4-5,7-8,12-13,29H,6,9-11H2,1-3H3,(H,28,31). The fourth-order valence-electron chi connectivity index (χ4n) is 4.15. The van der Waals surface area contributed by atoms with Crippen LogP contribution in [0.25, 0.3) is 21.9 Å². The van der Waals surface area contributed by atoms with Crippen molar-refractivity contribution in [2.24, 2.45) is 0 Å². The van der Waals surface area contributed by atoms with Crippen molar-refractivity contribution in [2.45, 2.75) is 40.0 Å². The van der Waals surface area contributed by atoms with E-state index in [1.54, 1.807) is 19.1 Å². The van der Waals surface area contributed by atoms with E-state index in [0.717, 1.165) is 27.4 Å². The second-order valence-corrected chi connectivity index (χ2v) is 8.69. The minimum Gasteiger partial charge on any atom is -0.426 e. The molecule has 0 unspecified atom stereocenters. The summed E-state index contributed by atoms with van der Waals surface area (Å²) in [7, 11) is 0. The molecular formula is C26H25ClN2O5. The lowest BCUT2D eigenvalue weighted by molar-refractivity contribution is -0.132. The highest BCUT2D eigenvalue weighted by Gasteiger charge is 2.17. The Labute approximate surface area is 201 Å². The molecule has 4 aromatic rings. The smallest absolute Gasteiger partial charge is 0.339 e. The maximum absolute atomic E-state index is 12.7. The van der Waals surface area contributed by atoms with E-state index in [1.165, 1.54) is 6.92 Å². The summed E-state index contributed by atoms with van der Waals surface area (Å²) in [5, 5.41) is 5.37. The molecule has 0 aliphatic carbocycles. The van der Waals surface area contributed by atoms with Gasteiger partial charge in [-0.15, -0.1) is 0 Å². The van der Waals surface area contributed by atoms with Crippen molar-refractivity contribution in [2.75, 3.05) is 6.54 Å². The number of carbonyl (C=O) groups excluding carboxylic acids is 2. The third-order valence-electron chi connectivity index (χ3n) is 5.96. The first-order valence-corrected chi connectivity index (χ1v) is 11.4. The summed E-state index contributed by atoms with van der Waals surface area (Å²) in [6, 6.07) is 9.10. The Morgan fingerprint density at radius 2 is 1.88 bits per heavy atom. The number of aryl methyl sites for hydroxylation is 2. The van der Waals surface area contributed by atoms with E-state index in [-0.39, 0.29) is 18.7 Å². The number of aromatic nitrogens is 1. The number of nitrogens with one attached hydrogen (secondary N) is 2. The van der Waals surface area contributed by atoms with Gasteiger partial charge in [0.2, 0.25) is 5.91 Å². The molecule has 34 heavy (non-hydrogen) atoms. The van der Waals surface area contributed by atoms with Gasteiger partial charge in [0.1, 0.15) is 11.3 Å². The first-order valence-electron chi connectivity index (χ1n) is 11.0. The Morgan fingerprint density at radius 1 is 1.09 bits per heavy atom. The lowest BCUT2D eigenvalue weighted by Crippen LogP contribution is -2.26. The lowest BCUT2D eigenvalue weighted by atomic mass is 10.00. The molecule has 0 aliphatic heterocycles. The van der Waals surface area contributed by atoms with Crippen LogP contribution in [0, 0.1) is 13.8 Å². The van der Waals surface area contributed by atoms with Crippen molar-refractivity contribution in [1.29, 1.82) is 0 Å². The van der Waals surface area contributed by atoms with Gasteiger partial charge in [-0.25, -0.2) is 4.79 Å². The van der Waals surface area contributed by atoms with E-state index in [9.17, 15) is 14.4 Å². The zero-order valence-electron chi connectivity index (χ0n) is 19.2. The number of H-pyrrole nitrogens is 1. The molecule has 2 aromatic heterocycles. The number of halogens is 1. The zero-order chi connectivity index (χ0) is 24.4. The average Bonchev–Trinajstić information content (AvgIpc) is 3.17. The third-order valence-corrected chi connectivity index (χ3v) is 6.19. The highest BCUT2D eigenvalue weighted by Crippen LogP contribution is 2.30. The summed E-state index contributed by atoms with van der Waals surface area (Å²) in [6.45, 7) is 5.36. The molecular weight excluding hydrogens is 456 g/mol. The van der Waals surface area contributed by atoms with Crippen LogP contribution >= 0.6 is 11.6 Å². The Morgan fingerprint density at radius 3 is 2.65 bits per heavy atom. The van der Waals surface area contributed by atoms with E-state index in [2.05, 4.69) is 10.3 Å². The van der Waals surface area contributed by atoms with Crippen LogP contribution < -0.4 is 15.7 Å². The lowest BCUT2D eigenvalue weighted by Gasteiger charge is -2.12. The fraction of sp³-hybridized carbons (Fsp3) is 0.269. The predicted molar refractivity (Wildman–Crippen MR) is 132 cm³/mol. The van der Waals surface area contributed by atoms with Crippen molar-refractivity contribution in [3.8, 4) is 5.75 Å². The topological polar surface area (TPSA) is 101 Å². The third kappa shape index (κ3) is 4.84. The van der Waals surface area contributed by atoms with E-state index >= 15 is 0 Å². The maximum Gasteiger partial charge on any atom is 0.339 e. The Kier molecular flexibility index (Phi) is 6.75. The summed E-state index contributed by atoms with van der Waals surface area (Å²) in [5.74, 6) is -0.233. The van der Waals surface area contributed by atoms with Gasteiger partial charge in [0.15, 0.2) is 0 Å². The number of rotatable bonds is 7. The molecule has 0 aliphatic rings. The quantitative estimate of drug-likeness (QED) is 0.225. The molecule has 0 atom stereocenters. The second kappa shape index (κ2) is 9.73. The molecule has 0 radical (unpaired) electrons. The molecule has 7 nitrogen and oxygen atoms in total. The highest BCUT2D eigenvalue weighted by atomic mass is 35.5. The van der Waals surface area contributed by atoms with Crippen molar-refractivity contribution in [3.63, 3.8) is 0 Å². The van der Waals surface area contributed by atoms with Gasteiger partial charge in [0.05, 0.1) is 0 Å². The number of carbonyl (C=O) groups is 2. The normalized spacial score (nSPS) is 11.2. The zero-order valence-corrected chi connectivity index (χ0v) is 20.0. The van der Waals surface area contributed by atoms with Crippen LogP contribution in [0.3, 0.4) is 0 Å². The van der Waals surface area contributed by atoms with Crippen molar-refractivity contribution >= 4 is 45.3 Å². The molecule has 2 heterocycles. The van der Waals surface area contributed by atoms with Crippen LogP contribution in [0.5, 0.6) is 5.75 Å². The molecule has 2 aromatic carbocycles. The summed E-state index contributed by atoms with van der Waals surface area (Å²) in [5.41, 5.74) is 3.77. The van der Waals surface area contributed by atoms with E-state index in [4.69, 9.17) is 20.8 Å². The van der Waals surface area contributed by atoms with Crippen LogP contribution in [-0.4, -0.2) is 23.4 Å². The van der Waals surface area contributed by atoms with Crippen LogP contribution in [0.15, 0.2) is 45.7 Å². The van der Waals surface area contributed by atoms with Crippen LogP contribution in [0.2, 0.25) is 5.02 Å². The molecule has 8 heteroatoms. The van der Waals surface area contributed by atoms with Gasteiger partial charge in [-0.05, 0) is 68.1 Å². The minimum atomic E-state index is -0.489. The molecule has 0 saturated heterocycles. The molecule has 1 amide bonds. The molecule has 0 spiro atoms. The number of benzene rings is 2. The molecule has 0 fully saturated rings. The highest BCUT2D eigenvalue weighted by molar-refractivity contribution is 6.31. The SMILES string of the molecule is CC(=O)Oc1ccc2c(C)c(CCC(=O)NCCc3c[nH]c4ccc(Cl)cc34)c(=O)oc2c1C. The Bertz CT molecular complexity index is 1470. The molecule has 176 valence electrons. The van der Waals surface area contributed by atoms with E-state index in [0.29, 0.717) is 40.4 Å². The van der Waals surface area contributed by atoms with Gasteiger partial charge in [0, 0.05) is 58.5 Å². The van der Waals surface area contributed by atoms with Gasteiger partial charge < -0.3 is 19.5 Å². The van der Waals surface area contributed by atoms with Gasteiger partial charge in [-0.3, -0.25) is 9.59 Å². The van der Waals surface area contributed by atoms with Crippen molar-refractivity contribution in [3.05, 3.63) is 74.2 Å². The van der Waals surface area contributed by atoms with Gasteiger partial charge in [0.25, 0.3) is 0 Å². The number of aromatic amines is 1. The summed E-state index contributed by atoms with van der Waals surface area (Å²) >= 11 is 6.09. The largest absolute Gasteiger partial charge is 0.426 e. The molecule has 2 N–H and O–H groups in total. The minimum absolute atomic E-state index is 0.141. The van der Waals surface area contributed by atoms with E-state index < -0.39 is 11.6 Å². The van der Waals surface area contributed by atoms with Crippen molar-refractivity contribution in [1.82, 2.24) is 10.3 Å². The monoisotopic (exact) mass is 480 g/mol. The number of amides is 1. The number of esters is 1. The van der Waals surface area contributed by atoms with Crippen LogP contribution in [0.1, 0.15) is 35.6 Å².